The fourth-order valence-electron chi connectivity index (χ4n) is 4.08. The Hall–Kier alpha value is -4.33. The number of fused-ring (bicyclic) bond motifs is 1. The van der Waals surface area contributed by atoms with E-state index in [2.05, 4.69) is 10.3 Å². The van der Waals surface area contributed by atoms with Crippen LogP contribution in [0.2, 0.25) is 0 Å². The number of rotatable bonds is 6. The summed E-state index contributed by atoms with van der Waals surface area (Å²) in [5.41, 5.74) is 3.30. The molecule has 1 aliphatic rings. The molecule has 5 rings (SSSR count). The van der Waals surface area contributed by atoms with Crippen molar-refractivity contribution in [3.63, 3.8) is 0 Å². The number of carbonyl (C=O) groups excluding carboxylic acids is 2. The summed E-state index contributed by atoms with van der Waals surface area (Å²) < 4.78 is 32.5. The molecule has 1 N–H and O–H groups in total. The van der Waals surface area contributed by atoms with E-state index in [0.717, 1.165) is 29.8 Å². The number of aryl methyl sites for hydroxylation is 1. The fourth-order valence-corrected chi connectivity index (χ4v) is 4.08. The summed E-state index contributed by atoms with van der Waals surface area (Å²) in [5.74, 6) is -1.33. The maximum absolute atomic E-state index is 13.9. The first-order chi connectivity index (χ1) is 17.0. The summed E-state index contributed by atoms with van der Waals surface area (Å²) in [6, 6.07) is 17.8. The third kappa shape index (κ3) is 4.82. The molecule has 2 heterocycles. The van der Waals surface area contributed by atoms with Crippen LogP contribution in [0.3, 0.4) is 0 Å². The number of aromatic nitrogens is 1. The summed E-state index contributed by atoms with van der Waals surface area (Å²) in [5, 5.41) is 2.78. The zero-order chi connectivity index (χ0) is 24.4. The first-order valence-corrected chi connectivity index (χ1v) is 11.2. The smallest absolute Gasteiger partial charge is 0.258 e. The molecule has 176 valence electrons. The maximum atomic E-state index is 13.9. The minimum absolute atomic E-state index is 0.0786. The average Bonchev–Trinajstić information content (AvgIpc) is 3.50. The molecule has 0 radical (unpaired) electrons. The molecule has 35 heavy (non-hydrogen) atoms. The Morgan fingerprint density at radius 1 is 1.03 bits per heavy atom. The monoisotopic (exact) mass is 473 g/mol. The van der Waals surface area contributed by atoms with Gasteiger partial charge in [-0.25, -0.2) is 13.8 Å². The van der Waals surface area contributed by atoms with Gasteiger partial charge < -0.3 is 14.6 Å². The van der Waals surface area contributed by atoms with Crippen LogP contribution in [0.1, 0.15) is 28.2 Å². The minimum atomic E-state index is -0.749. The molecule has 0 bridgehead atoms. The van der Waals surface area contributed by atoms with E-state index in [9.17, 15) is 18.4 Å². The van der Waals surface area contributed by atoms with Gasteiger partial charge in [-0.05, 0) is 54.4 Å². The van der Waals surface area contributed by atoms with Crippen molar-refractivity contribution in [1.82, 2.24) is 4.98 Å². The Balaban J connectivity index is 1.16. The standard InChI is InChI=1S/C27H21F2N3O3/c28-19-7-10-21(22(29)15-19)24-16-30-26(35-24)12-11-25(33)31-20-8-5-18(6-9-20)27(34)32-14-13-17-3-1-2-4-23(17)32/h1-10,15-16H,11-14H2,(H,31,33). The molecule has 0 saturated heterocycles. The Morgan fingerprint density at radius 2 is 1.83 bits per heavy atom. The summed E-state index contributed by atoms with van der Waals surface area (Å²) in [4.78, 5) is 31.1. The Labute approximate surface area is 200 Å². The highest BCUT2D eigenvalue weighted by Crippen LogP contribution is 2.29. The Bertz CT molecular complexity index is 1400. The predicted octanol–water partition coefficient (Wildman–Crippen LogP) is 5.39. The number of amides is 2. The minimum Gasteiger partial charge on any atom is -0.441 e. The van der Waals surface area contributed by atoms with Gasteiger partial charge in [-0.15, -0.1) is 0 Å². The number of oxazole rings is 1. The van der Waals surface area contributed by atoms with Gasteiger partial charge in [0.15, 0.2) is 11.7 Å². The largest absolute Gasteiger partial charge is 0.441 e. The van der Waals surface area contributed by atoms with Crippen molar-refractivity contribution < 1.29 is 22.8 Å². The van der Waals surface area contributed by atoms with Crippen LogP contribution in [0, 0.1) is 11.6 Å². The molecule has 0 unspecified atom stereocenters. The molecule has 0 fully saturated rings. The molecule has 0 saturated carbocycles. The zero-order valence-corrected chi connectivity index (χ0v) is 18.6. The number of para-hydroxylation sites is 1. The van der Waals surface area contributed by atoms with E-state index in [1.807, 2.05) is 24.3 Å². The van der Waals surface area contributed by atoms with Gasteiger partial charge in [0.1, 0.15) is 11.6 Å². The van der Waals surface area contributed by atoms with Crippen LogP contribution in [0.4, 0.5) is 20.2 Å². The first-order valence-electron chi connectivity index (χ1n) is 11.2. The second-order valence-electron chi connectivity index (χ2n) is 8.20. The summed E-state index contributed by atoms with van der Waals surface area (Å²) in [6.07, 6.45) is 2.48. The van der Waals surface area contributed by atoms with E-state index in [1.165, 1.54) is 12.3 Å². The highest BCUT2D eigenvalue weighted by Gasteiger charge is 2.25. The lowest BCUT2D eigenvalue weighted by Crippen LogP contribution is -2.28. The molecule has 0 spiro atoms. The molecule has 4 aromatic rings. The topological polar surface area (TPSA) is 75.4 Å². The first kappa shape index (κ1) is 22.5. The van der Waals surface area contributed by atoms with Crippen molar-refractivity contribution in [2.45, 2.75) is 19.3 Å². The van der Waals surface area contributed by atoms with Gasteiger partial charge in [0.25, 0.3) is 5.91 Å². The fraction of sp³-hybridized carbons (Fsp3) is 0.148. The molecule has 8 heteroatoms. The Kier molecular flexibility index (Phi) is 6.10. The lowest BCUT2D eigenvalue weighted by Gasteiger charge is -2.17. The molecule has 6 nitrogen and oxygen atoms in total. The molecule has 1 aliphatic heterocycles. The second-order valence-corrected chi connectivity index (χ2v) is 8.20. The van der Waals surface area contributed by atoms with Gasteiger partial charge in [0.2, 0.25) is 5.91 Å². The number of halogens is 2. The van der Waals surface area contributed by atoms with Crippen LogP contribution in [0.15, 0.2) is 77.3 Å². The van der Waals surface area contributed by atoms with E-state index in [4.69, 9.17) is 4.42 Å². The lowest BCUT2D eigenvalue weighted by atomic mass is 10.1. The van der Waals surface area contributed by atoms with Crippen LogP contribution in [0.25, 0.3) is 11.3 Å². The number of hydrogen-bond acceptors (Lipinski definition) is 4. The van der Waals surface area contributed by atoms with Gasteiger partial charge in [0, 0.05) is 42.4 Å². The van der Waals surface area contributed by atoms with E-state index < -0.39 is 11.6 Å². The number of nitrogens with zero attached hydrogens (tertiary/aromatic N) is 2. The summed E-state index contributed by atoms with van der Waals surface area (Å²) in [6.45, 7) is 0.646. The van der Waals surface area contributed by atoms with Gasteiger partial charge in [-0.2, -0.15) is 0 Å². The molecular weight excluding hydrogens is 452 g/mol. The van der Waals surface area contributed by atoms with Crippen molar-refractivity contribution in [1.29, 1.82) is 0 Å². The SMILES string of the molecule is O=C(CCc1ncc(-c2ccc(F)cc2F)o1)Nc1ccc(C(=O)N2CCc3ccccc32)cc1. The molecule has 1 aromatic heterocycles. The number of benzene rings is 3. The van der Waals surface area contributed by atoms with Gasteiger partial charge >= 0.3 is 0 Å². The van der Waals surface area contributed by atoms with Gasteiger partial charge in [-0.3, -0.25) is 9.59 Å². The highest BCUT2D eigenvalue weighted by atomic mass is 19.1. The van der Waals surface area contributed by atoms with Crippen molar-refractivity contribution in [3.8, 4) is 11.3 Å². The second kappa shape index (κ2) is 9.50. The molecular formula is C27H21F2N3O3. The molecule has 0 atom stereocenters. The zero-order valence-electron chi connectivity index (χ0n) is 18.6. The maximum Gasteiger partial charge on any atom is 0.258 e. The third-order valence-corrected chi connectivity index (χ3v) is 5.86. The van der Waals surface area contributed by atoms with Crippen molar-refractivity contribution in [2.75, 3.05) is 16.8 Å². The van der Waals surface area contributed by atoms with Crippen molar-refractivity contribution in [2.24, 2.45) is 0 Å². The van der Waals surface area contributed by atoms with Gasteiger partial charge in [0.05, 0.1) is 11.8 Å². The van der Waals surface area contributed by atoms with Crippen LogP contribution in [0.5, 0.6) is 0 Å². The van der Waals surface area contributed by atoms with E-state index in [-0.39, 0.29) is 41.9 Å². The van der Waals surface area contributed by atoms with Crippen LogP contribution in [-0.4, -0.2) is 23.3 Å². The van der Waals surface area contributed by atoms with E-state index in [0.29, 0.717) is 17.8 Å². The Morgan fingerprint density at radius 3 is 2.63 bits per heavy atom. The van der Waals surface area contributed by atoms with Crippen molar-refractivity contribution >= 4 is 23.2 Å². The van der Waals surface area contributed by atoms with Crippen molar-refractivity contribution in [3.05, 3.63) is 102 Å². The molecule has 2 amide bonds. The highest BCUT2D eigenvalue weighted by molar-refractivity contribution is 6.07. The van der Waals surface area contributed by atoms with Gasteiger partial charge in [-0.1, -0.05) is 18.2 Å². The van der Waals surface area contributed by atoms with E-state index in [1.54, 1.807) is 29.2 Å². The predicted molar refractivity (Wildman–Crippen MR) is 127 cm³/mol. The average molecular weight is 473 g/mol. The van der Waals surface area contributed by atoms with Crippen LogP contribution >= 0.6 is 0 Å². The lowest BCUT2D eigenvalue weighted by molar-refractivity contribution is -0.116. The third-order valence-electron chi connectivity index (χ3n) is 5.86. The number of nitrogens with one attached hydrogen (secondary N) is 1. The summed E-state index contributed by atoms with van der Waals surface area (Å²) >= 11 is 0. The van der Waals surface area contributed by atoms with Crippen LogP contribution in [-0.2, 0) is 17.6 Å². The number of carbonyl (C=O) groups is 2. The number of anilines is 2. The normalized spacial score (nSPS) is 12.5. The molecule has 0 aliphatic carbocycles. The molecule has 3 aromatic carbocycles. The van der Waals surface area contributed by atoms with E-state index >= 15 is 0 Å². The number of hydrogen-bond donors (Lipinski definition) is 1. The summed E-state index contributed by atoms with van der Waals surface area (Å²) in [7, 11) is 0. The van der Waals surface area contributed by atoms with Crippen LogP contribution < -0.4 is 10.2 Å². The quantitative estimate of drug-likeness (QED) is 0.407.